The zero-order valence-corrected chi connectivity index (χ0v) is 6.71. The maximum Gasteiger partial charge on any atom is 0.405 e. The van der Waals surface area contributed by atoms with Crippen molar-refractivity contribution in [2.75, 3.05) is 0 Å². The van der Waals surface area contributed by atoms with Gasteiger partial charge in [0.05, 0.1) is 6.10 Å². The molecule has 0 aliphatic carbocycles. The molecule has 0 saturated heterocycles. The van der Waals surface area contributed by atoms with Crippen molar-refractivity contribution >= 4 is 23.8 Å². The van der Waals surface area contributed by atoms with Crippen molar-refractivity contribution in [2.45, 2.75) is 19.1 Å². The molecule has 0 saturated carbocycles. The third-order valence-corrected chi connectivity index (χ3v) is 1.31. The van der Waals surface area contributed by atoms with Crippen LogP contribution in [0.4, 0.5) is 4.79 Å². The van der Waals surface area contributed by atoms with Crippen LogP contribution in [-0.4, -0.2) is 33.6 Å². The van der Waals surface area contributed by atoms with E-state index in [9.17, 15) is 9.59 Å². The molecule has 0 spiro atoms. The third kappa shape index (κ3) is 3.84. The van der Waals surface area contributed by atoms with E-state index in [1.807, 2.05) is 5.32 Å². The van der Waals surface area contributed by atoms with Gasteiger partial charge in [-0.3, -0.25) is 4.79 Å². The zero-order valence-electron chi connectivity index (χ0n) is 5.81. The van der Waals surface area contributed by atoms with Crippen molar-refractivity contribution in [3.63, 3.8) is 0 Å². The fraction of sp³-hybridized carbons (Fsp3) is 0.600. The molecule has 0 radical (unpaired) electrons. The number of carbonyl (C=O) groups is 2. The maximum atomic E-state index is 10.5. The van der Waals surface area contributed by atoms with Gasteiger partial charge in [-0.15, -0.1) is 12.6 Å². The first-order chi connectivity index (χ1) is 4.95. The lowest BCUT2D eigenvalue weighted by molar-refractivity contribution is -0.114. The second kappa shape index (κ2) is 4.20. The van der Waals surface area contributed by atoms with Crippen molar-refractivity contribution in [1.29, 1.82) is 0 Å². The van der Waals surface area contributed by atoms with Gasteiger partial charge in [0, 0.05) is 0 Å². The van der Waals surface area contributed by atoms with E-state index in [4.69, 9.17) is 10.2 Å². The van der Waals surface area contributed by atoms with Crippen molar-refractivity contribution in [1.82, 2.24) is 5.32 Å². The predicted molar refractivity (Wildman–Crippen MR) is 40.6 cm³/mol. The smallest absolute Gasteiger partial charge is 0.405 e. The van der Waals surface area contributed by atoms with E-state index in [0.29, 0.717) is 0 Å². The Morgan fingerprint density at radius 2 is 2.00 bits per heavy atom. The van der Waals surface area contributed by atoms with Gasteiger partial charge in [-0.1, -0.05) is 0 Å². The highest BCUT2D eigenvalue weighted by atomic mass is 32.1. The third-order valence-electron chi connectivity index (χ3n) is 1.03. The molecule has 0 fully saturated rings. The van der Waals surface area contributed by atoms with Crippen LogP contribution in [0.15, 0.2) is 0 Å². The van der Waals surface area contributed by atoms with Crippen LogP contribution in [0, 0.1) is 0 Å². The molecule has 0 bridgehead atoms. The average Bonchev–Trinajstić information content (AvgIpc) is 1.81. The summed E-state index contributed by atoms with van der Waals surface area (Å²) in [5.74, 6) is 0. The van der Waals surface area contributed by atoms with Crippen molar-refractivity contribution in [2.24, 2.45) is 0 Å². The van der Waals surface area contributed by atoms with E-state index in [1.54, 1.807) is 0 Å². The van der Waals surface area contributed by atoms with E-state index in [1.165, 1.54) is 6.92 Å². The first kappa shape index (κ1) is 10.2. The van der Waals surface area contributed by atoms with Crippen molar-refractivity contribution < 1.29 is 19.8 Å². The summed E-state index contributed by atoms with van der Waals surface area (Å²) in [5, 5.41) is 18.1. The topological polar surface area (TPSA) is 86.6 Å². The Balaban J connectivity index is 4.12. The maximum absolute atomic E-state index is 10.5. The molecule has 5 nitrogen and oxygen atoms in total. The van der Waals surface area contributed by atoms with Gasteiger partial charge in [-0.05, 0) is 6.92 Å². The van der Waals surface area contributed by atoms with Crippen LogP contribution in [0.25, 0.3) is 0 Å². The zero-order chi connectivity index (χ0) is 9.02. The largest absolute Gasteiger partial charge is 0.465 e. The molecule has 3 N–H and O–H groups in total. The monoisotopic (exact) mass is 179 g/mol. The molecule has 0 aliphatic rings. The number of amides is 1. The highest BCUT2D eigenvalue weighted by molar-refractivity contribution is 7.96. The number of hydrogen-bond donors (Lipinski definition) is 4. The van der Waals surface area contributed by atoms with Crippen LogP contribution in [0.1, 0.15) is 6.92 Å². The number of thiol groups is 1. The first-order valence-electron chi connectivity index (χ1n) is 2.85. The minimum absolute atomic E-state index is 0.706. The number of rotatable bonds is 3. The summed E-state index contributed by atoms with van der Waals surface area (Å²) < 4.78 is 0. The molecular formula is C5H9NO4S. The predicted octanol–water partition coefficient (Wildman–Crippen LogP) is -0.540. The molecule has 1 amide bonds. The highest BCUT2D eigenvalue weighted by Crippen LogP contribution is 1.97. The Morgan fingerprint density at radius 3 is 2.09 bits per heavy atom. The van der Waals surface area contributed by atoms with Crippen molar-refractivity contribution in [3.05, 3.63) is 0 Å². The summed E-state index contributed by atoms with van der Waals surface area (Å²) in [6, 6.07) is -1.16. The van der Waals surface area contributed by atoms with Gasteiger partial charge in [0.1, 0.15) is 6.04 Å². The molecule has 0 aromatic carbocycles. The van der Waals surface area contributed by atoms with Crippen LogP contribution in [-0.2, 0) is 4.79 Å². The van der Waals surface area contributed by atoms with Gasteiger partial charge >= 0.3 is 6.09 Å². The van der Waals surface area contributed by atoms with Crippen LogP contribution < -0.4 is 5.32 Å². The molecular weight excluding hydrogens is 170 g/mol. The van der Waals surface area contributed by atoms with Crippen LogP contribution in [0.2, 0.25) is 0 Å². The highest BCUT2D eigenvalue weighted by Gasteiger charge is 2.22. The Bertz CT molecular complexity index is 170. The molecule has 0 aliphatic heterocycles. The SMILES string of the molecule is C[C@@H](O)[C@H](NC(=O)O)C(=O)S. The fourth-order valence-corrected chi connectivity index (χ4v) is 0.802. The lowest BCUT2D eigenvalue weighted by atomic mass is 10.2. The summed E-state index contributed by atoms with van der Waals surface area (Å²) >= 11 is 3.38. The average molecular weight is 179 g/mol. The fourth-order valence-electron chi connectivity index (χ4n) is 0.522. The molecule has 0 unspecified atom stereocenters. The lowest BCUT2D eigenvalue weighted by Gasteiger charge is -2.14. The molecule has 11 heavy (non-hydrogen) atoms. The summed E-state index contributed by atoms with van der Waals surface area (Å²) in [4.78, 5) is 20.5. The van der Waals surface area contributed by atoms with Gasteiger partial charge in [-0.25, -0.2) is 4.79 Å². The van der Waals surface area contributed by atoms with Gasteiger partial charge in [0.25, 0.3) is 0 Å². The summed E-state index contributed by atoms with van der Waals surface area (Å²) in [5.41, 5.74) is 0. The van der Waals surface area contributed by atoms with E-state index >= 15 is 0 Å². The number of nitrogens with one attached hydrogen (secondary N) is 1. The minimum atomic E-state index is -1.36. The summed E-state index contributed by atoms with van der Waals surface area (Å²) in [6.45, 7) is 1.30. The van der Waals surface area contributed by atoms with Crippen LogP contribution in [0.5, 0.6) is 0 Å². The molecule has 2 atom stereocenters. The molecule has 0 rings (SSSR count). The van der Waals surface area contributed by atoms with Crippen molar-refractivity contribution in [3.8, 4) is 0 Å². The second-order valence-corrected chi connectivity index (χ2v) is 2.45. The van der Waals surface area contributed by atoms with E-state index < -0.39 is 23.4 Å². The van der Waals surface area contributed by atoms with Crippen LogP contribution in [0.3, 0.4) is 0 Å². The first-order valence-corrected chi connectivity index (χ1v) is 3.30. The molecule has 0 aromatic rings. The number of aliphatic hydroxyl groups is 1. The second-order valence-electron chi connectivity index (χ2n) is 2.01. The minimum Gasteiger partial charge on any atom is -0.465 e. The van der Waals surface area contributed by atoms with E-state index in [0.717, 1.165) is 0 Å². The van der Waals surface area contributed by atoms with Gasteiger partial charge in [0.2, 0.25) is 5.12 Å². The Morgan fingerprint density at radius 1 is 1.55 bits per heavy atom. The number of carbonyl (C=O) groups excluding carboxylic acids is 1. The molecule has 64 valence electrons. The Labute approximate surface area is 68.8 Å². The number of hydrogen-bond acceptors (Lipinski definition) is 3. The summed E-state index contributed by atoms with van der Waals surface area (Å²) in [7, 11) is 0. The van der Waals surface area contributed by atoms with Gasteiger partial charge < -0.3 is 15.5 Å². The molecule has 0 aromatic heterocycles. The number of aliphatic hydroxyl groups excluding tert-OH is 1. The van der Waals surface area contributed by atoms with Gasteiger partial charge in [-0.2, -0.15) is 0 Å². The molecule has 6 heteroatoms. The quantitative estimate of drug-likeness (QED) is 0.438. The lowest BCUT2D eigenvalue weighted by Crippen LogP contribution is -2.45. The van der Waals surface area contributed by atoms with E-state index in [-0.39, 0.29) is 0 Å². The summed E-state index contributed by atoms with van der Waals surface area (Å²) in [6.07, 6.45) is -2.44. The Kier molecular flexibility index (Phi) is 3.91. The van der Waals surface area contributed by atoms with E-state index in [2.05, 4.69) is 12.6 Å². The standard InChI is InChI=1S/C5H9NO4S/c1-2(7)3(4(8)11)6-5(9)10/h2-3,6-7H,1H3,(H,8,11)(H,9,10)/t2-,3+/m1/s1. The Hall–Kier alpha value is -0.750. The normalized spacial score (nSPS) is 15.2. The van der Waals surface area contributed by atoms with Gasteiger partial charge in [0.15, 0.2) is 0 Å². The molecule has 0 heterocycles. The van der Waals surface area contributed by atoms with Crippen LogP contribution >= 0.6 is 12.6 Å². The number of carboxylic acid groups (broad SMARTS) is 1.